The molecule has 1 amide bonds. The lowest BCUT2D eigenvalue weighted by Gasteiger charge is -2.38. The molecule has 1 aliphatic rings. The summed E-state index contributed by atoms with van der Waals surface area (Å²) in [7, 11) is 1.66. The SMILES string of the molecule is COc1ccccc1C1CNCCN1C(=O)C(C)Oc1ccc(C)cc1. The van der Waals surface area contributed by atoms with Crippen LogP contribution in [-0.4, -0.2) is 43.7 Å². The number of carbonyl (C=O) groups is 1. The van der Waals surface area contributed by atoms with Gasteiger partial charge in [-0.3, -0.25) is 4.79 Å². The molecule has 0 aliphatic carbocycles. The lowest BCUT2D eigenvalue weighted by Crippen LogP contribution is -2.52. The summed E-state index contributed by atoms with van der Waals surface area (Å²) in [4.78, 5) is 15.0. The van der Waals surface area contributed by atoms with Crippen LogP contribution in [0, 0.1) is 6.92 Å². The van der Waals surface area contributed by atoms with E-state index >= 15 is 0 Å². The molecular weight excluding hydrogens is 328 g/mol. The molecule has 0 bridgehead atoms. The van der Waals surface area contributed by atoms with E-state index in [1.165, 1.54) is 0 Å². The minimum absolute atomic E-state index is 0.0111. The first kappa shape index (κ1) is 18.3. The lowest BCUT2D eigenvalue weighted by atomic mass is 10.0. The van der Waals surface area contributed by atoms with Gasteiger partial charge in [0.1, 0.15) is 11.5 Å². The van der Waals surface area contributed by atoms with Crippen LogP contribution in [0.5, 0.6) is 11.5 Å². The highest BCUT2D eigenvalue weighted by atomic mass is 16.5. The third-order valence-electron chi connectivity index (χ3n) is 4.71. The minimum atomic E-state index is -0.548. The number of rotatable bonds is 5. The normalized spacial score (nSPS) is 18.3. The molecule has 5 heteroatoms. The fourth-order valence-electron chi connectivity index (χ4n) is 3.29. The van der Waals surface area contributed by atoms with Crippen LogP contribution >= 0.6 is 0 Å². The number of methoxy groups -OCH3 is 1. The van der Waals surface area contributed by atoms with Gasteiger partial charge >= 0.3 is 0 Å². The number of para-hydroxylation sites is 1. The Morgan fingerprint density at radius 2 is 1.92 bits per heavy atom. The van der Waals surface area contributed by atoms with E-state index < -0.39 is 6.10 Å². The fraction of sp³-hybridized carbons (Fsp3) is 0.381. The number of ether oxygens (including phenoxy) is 2. The summed E-state index contributed by atoms with van der Waals surface area (Å²) in [5.74, 6) is 1.49. The Morgan fingerprint density at radius 3 is 2.65 bits per heavy atom. The van der Waals surface area contributed by atoms with E-state index in [4.69, 9.17) is 9.47 Å². The molecule has 1 aliphatic heterocycles. The van der Waals surface area contributed by atoms with Crippen LogP contribution in [0.2, 0.25) is 0 Å². The fourth-order valence-corrected chi connectivity index (χ4v) is 3.29. The largest absolute Gasteiger partial charge is 0.496 e. The van der Waals surface area contributed by atoms with Gasteiger partial charge in [0.2, 0.25) is 0 Å². The van der Waals surface area contributed by atoms with Crippen molar-refractivity contribution in [3.05, 3.63) is 59.7 Å². The van der Waals surface area contributed by atoms with E-state index in [2.05, 4.69) is 5.32 Å². The summed E-state index contributed by atoms with van der Waals surface area (Å²) >= 11 is 0. The molecule has 2 unspecified atom stereocenters. The second-order valence-corrected chi connectivity index (χ2v) is 6.57. The van der Waals surface area contributed by atoms with E-state index in [-0.39, 0.29) is 11.9 Å². The van der Waals surface area contributed by atoms with Gasteiger partial charge in [-0.15, -0.1) is 0 Å². The van der Waals surface area contributed by atoms with E-state index in [9.17, 15) is 4.79 Å². The van der Waals surface area contributed by atoms with Gasteiger partial charge in [0.15, 0.2) is 6.10 Å². The average molecular weight is 354 g/mol. The maximum absolute atomic E-state index is 13.1. The Bertz CT molecular complexity index is 745. The number of aryl methyl sites for hydroxylation is 1. The van der Waals surface area contributed by atoms with E-state index in [0.29, 0.717) is 18.8 Å². The number of nitrogens with one attached hydrogen (secondary N) is 1. The molecule has 1 saturated heterocycles. The van der Waals surface area contributed by atoms with Crippen molar-refractivity contribution >= 4 is 5.91 Å². The summed E-state index contributed by atoms with van der Waals surface area (Å²) in [5.41, 5.74) is 2.17. The van der Waals surface area contributed by atoms with Gasteiger partial charge in [0.25, 0.3) is 5.91 Å². The maximum atomic E-state index is 13.1. The van der Waals surface area contributed by atoms with Gasteiger partial charge in [0.05, 0.1) is 13.2 Å². The van der Waals surface area contributed by atoms with Crippen LogP contribution in [0.1, 0.15) is 24.1 Å². The third-order valence-corrected chi connectivity index (χ3v) is 4.71. The Labute approximate surface area is 154 Å². The molecule has 2 atom stereocenters. The van der Waals surface area contributed by atoms with Gasteiger partial charge in [-0.05, 0) is 32.0 Å². The molecule has 2 aromatic rings. The number of hydrogen-bond donors (Lipinski definition) is 1. The first-order chi connectivity index (χ1) is 12.6. The molecular formula is C21H26N2O3. The highest BCUT2D eigenvalue weighted by Gasteiger charge is 2.32. The Hall–Kier alpha value is -2.53. The second-order valence-electron chi connectivity index (χ2n) is 6.57. The Balaban J connectivity index is 1.78. The molecule has 0 radical (unpaired) electrons. The van der Waals surface area contributed by atoms with Gasteiger partial charge < -0.3 is 19.7 Å². The third kappa shape index (κ3) is 3.99. The number of nitrogens with zero attached hydrogens (tertiary/aromatic N) is 1. The zero-order chi connectivity index (χ0) is 18.5. The first-order valence-corrected chi connectivity index (χ1v) is 8.97. The Kier molecular flexibility index (Phi) is 5.78. The topological polar surface area (TPSA) is 50.8 Å². The Morgan fingerprint density at radius 1 is 1.19 bits per heavy atom. The van der Waals surface area contributed by atoms with Crippen LogP contribution in [0.15, 0.2) is 48.5 Å². The standard InChI is InChI=1S/C21H26N2O3/c1-15-8-10-17(11-9-15)26-16(2)21(24)23-13-12-22-14-19(23)18-6-4-5-7-20(18)25-3/h4-11,16,19,22H,12-14H2,1-3H3. The molecule has 26 heavy (non-hydrogen) atoms. The molecule has 2 aromatic carbocycles. The van der Waals surface area contributed by atoms with E-state index in [1.807, 2.05) is 67.3 Å². The van der Waals surface area contributed by atoms with Crippen LogP contribution in [0.25, 0.3) is 0 Å². The number of piperazine rings is 1. The number of benzene rings is 2. The number of carbonyl (C=O) groups excluding carboxylic acids is 1. The van der Waals surface area contributed by atoms with Gasteiger partial charge in [-0.2, -0.15) is 0 Å². The van der Waals surface area contributed by atoms with Crippen molar-refractivity contribution in [2.45, 2.75) is 26.0 Å². The van der Waals surface area contributed by atoms with Gasteiger partial charge in [-0.1, -0.05) is 35.9 Å². The van der Waals surface area contributed by atoms with Gasteiger partial charge in [-0.25, -0.2) is 0 Å². The molecule has 1 N–H and O–H groups in total. The van der Waals surface area contributed by atoms with Crippen LogP contribution in [0.4, 0.5) is 0 Å². The molecule has 5 nitrogen and oxygen atoms in total. The van der Waals surface area contributed by atoms with Crippen molar-refractivity contribution < 1.29 is 14.3 Å². The first-order valence-electron chi connectivity index (χ1n) is 8.97. The number of amides is 1. The molecule has 0 aromatic heterocycles. The molecule has 1 fully saturated rings. The summed E-state index contributed by atoms with van der Waals surface area (Å²) < 4.78 is 11.4. The van der Waals surface area contributed by atoms with Crippen LogP contribution in [-0.2, 0) is 4.79 Å². The van der Waals surface area contributed by atoms with Crippen LogP contribution < -0.4 is 14.8 Å². The maximum Gasteiger partial charge on any atom is 0.263 e. The molecule has 0 saturated carbocycles. The highest BCUT2D eigenvalue weighted by molar-refractivity contribution is 5.81. The monoisotopic (exact) mass is 354 g/mol. The molecule has 3 rings (SSSR count). The summed E-state index contributed by atoms with van der Waals surface area (Å²) in [5, 5.41) is 3.37. The van der Waals surface area contributed by atoms with Crippen molar-refractivity contribution in [2.24, 2.45) is 0 Å². The number of hydrogen-bond acceptors (Lipinski definition) is 4. The predicted molar refractivity (Wildman–Crippen MR) is 102 cm³/mol. The summed E-state index contributed by atoms with van der Waals surface area (Å²) in [6, 6.07) is 15.5. The minimum Gasteiger partial charge on any atom is -0.496 e. The molecule has 0 spiro atoms. The zero-order valence-corrected chi connectivity index (χ0v) is 15.6. The summed E-state index contributed by atoms with van der Waals surface area (Å²) in [6.45, 7) is 5.95. The lowest BCUT2D eigenvalue weighted by molar-refractivity contribution is -0.141. The zero-order valence-electron chi connectivity index (χ0n) is 15.6. The predicted octanol–water partition coefficient (Wildman–Crippen LogP) is 2.94. The highest BCUT2D eigenvalue weighted by Crippen LogP contribution is 2.30. The van der Waals surface area contributed by atoms with Crippen molar-refractivity contribution in [3.63, 3.8) is 0 Å². The quantitative estimate of drug-likeness (QED) is 0.897. The smallest absolute Gasteiger partial charge is 0.263 e. The van der Waals surface area contributed by atoms with Gasteiger partial charge in [0, 0.05) is 25.2 Å². The summed E-state index contributed by atoms with van der Waals surface area (Å²) in [6.07, 6.45) is -0.548. The molecule has 1 heterocycles. The van der Waals surface area contributed by atoms with E-state index in [1.54, 1.807) is 7.11 Å². The second kappa shape index (κ2) is 8.23. The van der Waals surface area contributed by atoms with E-state index in [0.717, 1.165) is 23.4 Å². The average Bonchev–Trinajstić information content (AvgIpc) is 2.69. The van der Waals surface area contributed by atoms with Crippen molar-refractivity contribution in [3.8, 4) is 11.5 Å². The van der Waals surface area contributed by atoms with Crippen LogP contribution in [0.3, 0.4) is 0 Å². The van der Waals surface area contributed by atoms with Crippen molar-refractivity contribution in [1.82, 2.24) is 10.2 Å². The molecule has 138 valence electrons. The van der Waals surface area contributed by atoms with Crippen molar-refractivity contribution in [2.75, 3.05) is 26.7 Å². The van der Waals surface area contributed by atoms with Crippen molar-refractivity contribution in [1.29, 1.82) is 0 Å².